The summed E-state index contributed by atoms with van der Waals surface area (Å²) in [6.45, 7) is 1.49. The Morgan fingerprint density at radius 3 is 3.19 bits per heavy atom. The van der Waals surface area contributed by atoms with Gasteiger partial charge in [0, 0.05) is 25.9 Å². The summed E-state index contributed by atoms with van der Waals surface area (Å²) >= 11 is 0. The Morgan fingerprint density at radius 2 is 2.50 bits per heavy atom. The summed E-state index contributed by atoms with van der Waals surface area (Å²) in [4.78, 5) is 0. The molecule has 16 heavy (non-hydrogen) atoms. The molecule has 0 amide bonds. The van der Waals surface area contributed by atoms with Crippen molar-refractivity contribution in [2.24, 2.45) is 0 Å². The number of ether oxygens (including phenoxy) is 1. The molecule has 1 atom stereocenters. The number of aromatic nitrogens is 3. The third-order valence-corrected chi connectivity index (χ3v) is 2.49. The lowest BCUT2D eigenvalue weighted by Crippen LogP contribution is -2.21. The van der Waals surface area contributed by atoms with Crippen LogP contribution in [0.3, 0.4) is 0 Å². The number of nitrogens with one attached hydrogen (secondary N) is 1. The molecule has 1 fully saturated rings. The highest BCUT2D eigenvalue weighted by atomic mass is 16.5. The maximum absolute atomic E-state index is 9.51. The van der Waals surface area contributed by atoms with E-state index in [1.54, 1.807) is 11.8 Å². The largest absolute Gasteiger partial charge is 0.389 e. The Kier molecular flexibility index (Phi) is 3.87. The standard InChI is InChI=1S/C10H18N4O2/c1-16-7-10(15)6-14-5-9(12-13-14)4-11-8-2-3-8/h5,8,10-11,15H,2-4,6-7H2,1H3. The van der Waals surface area contributed by atoms with E-state index < -0.39 is 6.10 Å². The van der Waals surface area contributed by atoms with Crippen LogP contribution in [0.1, 0.15) is 18.5 Å². The molecule has 1 aromatic heterocycles. The van der Waals surface area contributed by atoms with E-state index in [9.17, 15) is 5.11 Å². The number of hydrogen-bond acceptors (Lipinski definition) is 5. The van der Waals surface area contributed by atoms with Crippen LogP contribution in [-0.4, -0.2) is 46.0 Å². The van der Waals surface area contributed by atoms with Gasteiger partial charge in [-0.05, 0) is 12.8 Å². The van der Waals surface area contributed by atoms with Crippen molar-refractivity contribution in [2.75, 3.05) is 13.7 Å². The monoisotopic (exact) mass is 226 g/mol. The van der Waals surface area contributed by atoms with Crippen molar-refractivity contribution < 1.29 is 9.84 Å². The van der Waals surface area contributed by atoms with Crippen LogP contribution >= 0.6 is 0 Å². The van der Waals surface area contributed by atoms with E-state index >= 15 is 0 Å². The van der Waals surface area contributed by atoms with E-state index in [1.807, 2.05) is 6.20 Å². The second-order valence-corrected chi connectivity index (χ2v) is 4.20. The molecule has 90 valence electrons. The molecule has 1 heterocycles. The quantitative estimate of drug-likeness (QED) is 0.658. The summed E-state index contributed by atoms with van der Waals surface area (Å²) in [7, 11) is 1.57. The number of nitrogens with zero attached hydrogens (tertiary/aromatic N) is 3. The molecule has 0 saturated heterocycles. The molecule has 0 spiro atoms. The molecule has 2 N–H and O–H groups in total. The molecule has 1 saturated carbocycles. The van der Waals surface area contributed by atoms with Crippen molar-refractivity contribution in [3.63, 3.8) is 0 Å². The predicted molar refractivity (Wildman–Crippen MR) is 57.8 cm³/mol. The number of rotatable bonds is 7. The van der Waals surface area contributed by atoms with E-state index in [1.165, 1.54) is 12.8 Å². The normalized spacial score (nSPS) is 17.6. The summed E-state index contributed by atoms with van der Waals surface area (Å²) in [5, 5.41) is 20.8. The number of aliphatic hydroxyl groups is 1. The first kappa shape index (κ1) is 11.5. The van der Waals surface area contributed by atoms with Crippen molar-refractivity contribution in [1.29, 1.82) is 0 Å². The van der Waals surface area contributed by atoms with Crippen LogP contribution in [0, 0.1) is 0 Å². The minimum atomic E-state index is -0.532. The fourth-order valence-electron chi connectivity index (χ4n) is 1.51. The molecule has 0 aliphatic heterocycles. The van der Waals surface area contributed by atoms with Crippen LogP contribution in [0.2, 0.25) is 0 Å². The summed E-state index contributed by atoms with van der Waals surface area (Å²) in [6, 6.07) is 0.671. The van der Waals surface area contributed by atoms with Gasteiger partial charge in [-0.15, -0.1) is 5.10 Å². The SMILES string of the molecule is COCC(O)Cn1cc(CNC2CC2)nn1. The third kappa shape index (κ3) is 3.55. The van der Waals surface area contributed by atoms with Crippen LogP contribution in [0.4, 0.5) is 0 Å². The fourth-order valence-corrected chi connectivity index (χ4v) is 1.51. The van der Waals surface area contributed by atoms with Crippen LogP contribution in [0.15, 0.2) is 6.20 Å². The molecule has 1 aliphatic rings. The van der Waals surface area contributed by atoms with Crippen molar-refractivity contribution in [3.05, 3.63) is 11.9 Å². The van der Waals surface area contributed by atoms with Gasteiger partial charge in [0.1, 0.15) is 0 Å². The first-order chi connectivity index (χ1) is 7.78. The molecule has 2 rings (SSSR count). The highest BCUT2D eigenvalue weighted by Gasteiger charge is 2.20. The Morgan fingerprint density at radius 1 is 1.69 bits per heavy atom. The van der Waals surface area contributed by atoms with Gasteiger partial charge in [0.05, 0.1) is 24.9 Å². The van der Waals surface area contributed by atoms with Crippen molar-refractivity contribution in [2.45, 2.75) is 38.1 Å². The van der Waals surface area contributed by atoms with Gasteiger partial charge in [-0.2, -0.15) is 0 Å². The fraction of sp³-hybridized carbons (Fsp3) is 0.800. The second-order valence-electron chi connectivity index (χ2n) is 4.20. The highest BCUT2D eigenvalue weighted by molar-refractivity contribution is 4.94. The molecule has 1 aliphatic carbocycles. The Labute approximate surface area is 94.6 Å². The molecule has 0 bridgehead atoms. The Balaban J connectivity index is 1.76. The van der Waals surface area contributed by atoms with Gasteiger partial charge in [0.15, 0.2) is 0 Å². The van der Waals surface area contributed by atoms with Crippen LogP contribution < -0.4 is 5.32 Å². The lowest BCUT2D eigenvalue weighted by molar-refractivity contribution is 0.0510. The smallest absolute Gasteiger partial charge is 0.0969 e. The minimum Gasteiger partial charge on any atom is -0.389 e. The zero-order valence-electron chi connectivity index (χ0n) is 9.46. The average Bonchev–Trinajstić information content (AvgIpc) is 2.98. The van der Waals surface area contributed by atoms with Gasteiger partial charge in [-0.25, -0.2) is 4.68 Å². The Bertz CT molecular complexity index is 324. The van der Waals surface area contributed by atoms with Gasteiger partial charge in [-0.3, -0.25) is 0 Å². The molecule has 0 aromatic carbocycles. The molecule has 6 heteroatoms. The minimum absolute atomic E-state index is 0.315. The van der Waals surface area contributed by atoms with Crippen molar-refractivity contribution >= 4 is 0 Å². The second kappa shape index (κ2) is 5.38. The van der Waals surface area contributed by atoms with Gasteiger partial charge >= 0.3 is 0 Å². The summed E-state index contributed by atoms with van der Waals surface area (Å²) in [6.07, 6.45) is 3.85. The molecule has 1 aromatic rings. The van der Waals surface area contributed by atoms with Crippen LogP contribution in [-0.2, 0) is 17.8 Å². The van der Waals surface area contributed by atoms with Crippen molar-refractivity contribution in [3.8, 4) is 0 Å². The van der Waals surface area contributed by atoms with E-state index in [2.05, 4.69) is 15.6 Å². The summed E-state index contributed by atoms with van der Waals surface area (Å²) < 4.78 is 6.49. The molecule has 0 radical (unpaired) electrons. The molecular weight excluding hydrogens is 208 g/mol. The van der Waals surface area contributed by atoms with Gasteiger partial charge in [-0.1, -0.05) is 5.21 Å². The van der Waals surface area contributed by atoms with Gasteiger partial charge < -0.3 is 15.2 Å². The first-order valence-electron chi connectivity index (χ1n) is 5.57. The number of methoxy groups -OCH3 is 1. The summed E-state index contributed by atoms with van der Waals surface area (Å²) in [5.41, 5.74) is 0.913. The van der Waals surface area contributed by atoms with Crippen molar-refractivity contribution in [1.82, 2.24) is 20.3 Å². The zero-order chi connectivity index (χ0) is 11.4. The summed E-state index contributed by atoms with van der Waals surface area (Å²) in [5.74, 6) is 0. The van der Waals surface area contributed by atoms with E-state index in [0.717, 1.165) is 12.2 Å². The lowest BCUT2D eigenvalue weighted by atomic mass is 10.4. The topological polar surface area (TPSA) is 72.2 Å². The zero-order valence-corrected chi connectivity index (χ0v) is 9.46. The van der Waals surface area contributed by atoms with E-state index in [0.29, 0.717) is 19.2 Å². The molecule has 6 nitrogen and oxygen atoms in total. The first-order valence-corrected chi connectivity index (χ1v) is 5.57. The third-order valence-electron chi connectivity index (χ3n) is 2.49. The molecular formula is C10H18N4O2. The lowest BCUT2D eigenvalue weighted by Gasteiger charge is -2.07. The highest BCUT2D eigenvalue weighted by Crippen LogP contribution is 2.18. The maximum Gasteiger partial charge on any atom is 0.0969 e. The van der Waals surface area contributed by atoms with Crippen LogP contribution in [0.25, 0.3) is 0 Å². The number of aliphatic hydroxyl groups excluding tert-OH is 1. The predicted octanol–water partition coefficient (Wildman–Crippen LogP) is -0.463. The maximum atomic E-state index is 9.51. The Hall–Kier alpha value is -0.980. The van der Waals surface area contributed by atoms with E-state index in [4.69, 9.17) is 4.74 Å². The average molecular weight is 226 g/mol. The number of hydrogen-bond donors (Lipinski definition) is 2. The van der Waals surface area contributed by atoms with E-state index in [-0.39, 0.29) is 0 Å². The van der Waals surface area contributed by atoms with Gasteiger partial charge in [0.25, 0.3) is 0 Å². The van der Waals surface area contributed by atoms with Crippen LogP contribution in [0.5, 0.6) is 0 Å². The molecule has 1 unspecified atom stereocenters. The van der Waals surface area contributed by atoms with Gasteiger partial charge in [0.2, 0.25) is 0 Å².